The molecule has 0 aliphatic heterocycles. The summed E-state index contributed by atoms with van der Waals surface area (Å²) in [6, 6.07) is 9.78. The molecule has 0 saturated heterocycles. The average molecular weight is 250 g/mol. The number of carbonyl (C=O) groups is 2. The van der Waals surface area contributed by atoms with Crippen molar-refractivity contribution in [1.82, 2.24) is 4.84 Å². The van der Waals surface area contributed by atoms with E-state index in [2.05, 4.69) is 0 Å². The Kier molecular flexibility index (Phi) is 2.97. The summed E-state index contributed by atoms with van der Waals surface area (Å²) in [6.07, 6.45) is 0. The molecule has 0 bridgehead atoms. The van der Waals surface area contributed by atoms with E-state index in [4.69, 9.17) is 16.9 Å². The van der Waals surface area contributed by atoms with Gasteiger partial charge in [0.25, 0.3) is 5.91 Å². The first-order valence-corrected chi connectivity index (χ1v) is 5.19. The van der Waals surface area contributed by atoms with E-state index in [1.807, 2.05) is 4.84 Å². The van der Waals surface area contributed by atoms with Crippen molar-refractivity contribution >= 4 is 34.4 Å². The van der Waals surface area contributed by atoms with Gasteiger partial charge in [-0.1, -0.05) is 24.3 Å². The summed E-state index contributed by atoms with van der Waals surface area (Å²) < 4.78 is 0. The fraction of sp³-hybridized carbons (Fsp3) is 0. The maximum Gasteiger partial charge on any atom is 0.336 e. The Labute approximate surface area is 102 Å². The first kappa shape index (κ1) is 11.4. The van der Waals surface area contributed by atoms with Gasteiger partial charge in [-0.05, 0) is 17.5 Å². The highest BCUT2D eigenvalue weighted by atomic mass is 35.5. The second kappa shape index (κ2) is 4.43. The Hall–Kier alpha value is -2.07. The van der Waals surface area contributed by atoms with Crippen molar-refractivity contribution in [2.45, 2.75) is 0 Å². The molecule has 17 heavy (non-hydrogen) atoms. The van der Waals surface area contributed by atoms with Crippen LogP contribution in [0.2, 0.25) is 0 Å². The highest BCUT2D eigenvalue weighted by molar-refractivity contribution is 6.26. The summed E-state index contributed by atoms with van der Waals surface area (Å²) in [7, 11) is 0. The molecule has 0 fully saturated rings. The third kappa shape index (κ3) is 1.94. The van der Waals surface area contributed by atoms with Gasteiger partial charge in [0.2, 0.25) is 0 Å². The maximum atomic E-state index is 11.6. The van der Waals surface area contributed by atoms with E-state index in [0.717, 1.165) is 0 Å². The van der Waals surface area contributed by atoms with Gasteiger partial charge in [0, 0.05) is 22.7 Å². The zero-order valence-electron chi connectivity index (χ0n) is 8.61. The smallest absolute Gasteiger partial charge is 0.336 e. The number of fused-ring (bicyclic) bond motifs is 1. The van der Waals surface area contributed by atoms with Gasteiger partial charge in [0.15, 0.2) is 0 Å². The van der Waals surface area contributed by atoms with Crippen LogP contribution in [0.25, 0.3) is 10.8 Å². The fourth-order valence-corrected chi connectivity index (χ4v) is 1.86. The van der Waals surface area contributed by atoms with Gasteiger partial charge in [-0.25, -0.2) is 4.79 Å². The predicted molar refractivity (Wildman–Crippen MR) is 64.2 cm³/mol. The standard InChI is InChI=1S/C12H8ClNO3/c13-14-11(15)8-5-1-3-7-4-2-6-9(10(7)8)12(16)17/h1-6H,(H,14,15)(H,16,17). The molecule has 5 heteroatoms. The van der Waals surface area contributed by atoms with Gasteiger partial charge in [0.1, 0.15) is 0 Å². The van der Waals surface area contributed by atoms with Gasteiger partial charge in [0.05, 0.1) is 5.56 Å². The summed E-state index contributed by atoms with van der Waals surface area (Å²) in [5.74, 6) is -1.60. The Morgan fingerprint density at radius 1 is 1.06 bits per heavy atom. The Morgan fingerprint density at radius 2 is 1.65 bits per heavy atom. The van der Waals surface area contributed by atoms with Gasteiger partial charge in [-0.3, -0.25) is 9.63 Å². The molecule has 0 aliphatic carbocycles. The highest BCUT2D eigenvalue weighted by Crippen LogP contribution is 2.23. The topological polar surface area (TPSA) is 66.4 Å². The number of carboxylic acids is 1. The molecule has 0 aromatic heterocycles. The van der Waals surface area contributed by atoms with Crippen molar-refractivity contribution in [3.63, 3.8) is 0 Å². The predicted octanol–water partition coefficient (Wildman–Crippen LogP) is 2.42. The van der Waals surface area contributed by atoms with Crippen molar-refractivity contribution in [1.29, 1.82) is 0 Å². The number of hydrogen-bond acceptors (Lipinski definition) is 2. The van der Waals surface area contributed by atoms with E-state index in [1.165, 1.54) is 12.1 Å². The van der Waals surface area contributed by atoms with E-state index in [1.54, 1.807) is 24.3 Å². The van der Waals surface area contributed by atoms with Crippen LogP contribution >= 0.6 is 11.8 Å². The number of aromatic carboxylic acids is 1. The van der Waals surface area contributed by atoms with Crippen LogP contribution in [0.1, 0.15) is 20.7 Å². The van der Waals surface area contributed by atoms with Crippen LogP contribution in [0.3, 0.4) is 0 Å². The molecule has 0 radical (unpaired) electrons. The number of carboxylic acid groups (broad SMARTS) is 1. The number of rotatable bonds is 2. The first-order chi connectivity index (χ1) is 8.15. The molecule has 4 nitrogen and oxygen atoms in total. The van der Waals surface area contributed by atoms with E-state index in [-0.39, 0.29) is 11.1 Å². The van der Waals surface area contributed by atoms with Crippen LogP contribution in [0.4, 0.5) is 0 Å². The Morgan fingerprint density at radius 3 is 2.18 bits per heavy atom. The molecule has 2 rings (SSSR count). The number of amides is 1. The third-order valence-corrected chi connectivity index (χ3v) is 2.64. The molecular formula is C12H8ClNO3. The molecule has 2 N–H and O–H groups in total. The zero-order chi connectivity index (χ0) is 12.4. The number of nitrogens with one attached hydrogen (secondary N) is 1. The quantitative estimate of drug-likeness (QED) is 0.804. The first-order valence-electron chi connectivity index (χ1n) is 4.81. The fourth-order valence-electron chi connectivity index (χ4n) is 1.76. The van der Waals surface area contributed by atoms with Crippen LogP contribution in [0.5, 0.6) is 0 Å². The summed E-state index contributed by atoms with van der Waals surface area (Å²) in [5, 5.41) is 10.2. The lowest BCUT2D eigenvalue weighted by Gasteiger charge is -2.07. The van der Waals surface area contributed by atoms with E-state index >= 15 is 0 Å². The summed E-state index contributed by atoms with van der Waals surface area (Å²) in [6.45, 7) is 0. The monoisotopic (exact) mass is 249 g/mol. The lowest BCUT2D eigenvalue weighted by molar-refractivity contribution is 0.0699. The SMILES string of the molecule is O=C(O)c1cccc2cccc(C(=O)NCl)c12. The Bertz CT molecular complexity index is 604. The van der Waals surface area contributed by atoms with Crippen molar-refractivity contribution in [2.75, 3.05) is 0 Å². The molecule has 86 valence electrons. The van der Waals surface area contributed by atoms with Gasteiger partial charge >= 0.3 is 5.97 Å². The summed E-state index contributed by atoms with van der Waals surface area (Å²) >= 11 is 5.27. The lowest BCUT2D eigenvalue weighted by atomic mass is 9.99. The maximum absolute atomic E-state index is 11.6. The molecule has 0 saturated carbocycles. The van der Waals surface area contributed by atoms with Gasteiger partial charge in [-0.2, -0.15) is 0 Å². The van der Waals surface area contributed by atoms with E-state index in [0.29, 0.717) is 10.8 Å². The van der Waals surface area contributed by atoms with Crippen molar-refractivity contribution in [2.24, 2.45) is 0 Å². The number of carbonyl (C=O) groups excluding carboxylic acids is 1. The molecular weight excluding hydrogens is 242 g/mol. The lowest BCUT2D eigenvalue weighted by Crippen LogP contribution is -2.14. The van der Waals surface area contributed by atoms with Crippen LogP contribution in [-0.2, 0) is 0 Å². The average Bonchev–Trinajstić information content (AvgIpc) is 2.36. The molecule has 0 atom stereocenters. The number of halogens is 1. The largest absolute Gasteiger partial charge is 0.478 e. The highest BCUT2D eigenvalue weighted by Gasteiger charge is 2.15. The molecule has 0 spiro atoms. The minimum atomic E-state index is -1.08. The zero-order valence-corrected chi connectivity index (χ0v) is 9.36. The van der Waals surface area contributed by atoms with Gasteiger partial charge < -0.3 is 5.11 Å². The van der Waals surface area contributed by atoms with Crippen LogP contribution in [-0.4, -0.2) is 17.0 Å². The summed E-state index contributed by atoms with van der Waals surface area (Å²) in [4.78, 5) is 24.7. The number of benzene rings is 2. The van der Waals surface area contributed by atoms with Crippen LogP contribution in [0.15, 0.2) is 36.4 Å². The molecule has 0 heterocycles. The Balaban J connectivity index is 2.85. The third-order valence-electron chi connectivity index (χ3n) is 2.47. The molecule has 2 aromatic rings. The minimum Gasteiger partial charge on any atom is -0.478 e. The van der Waals surface area contributed by atoms with Gasteiger partial charge in [-0.15, -0.1) is 0 Å². The van der Waals surface area contributed by atoms with Crippen LogP contribution in [0, 0.1) is 0 Å². The minimum absolute atomic E-state index is 0.0818. The van der Waals surface area contributed by atoms with Crippen molar-refractivity contribution in [3.05, 3.63) is 47.5 Å². The van der Waals surface area contributed by atoms with E-state index in [9.17, 15) is 9.59 Å². The van der Waals surface area contributed by atoms with Crippen molar-refractivity contribution < 1.29 is 14.7 Å². The number of hydrogen-bond donors (Lipinski definition) is 2. The van der Waals surface area contributed by atoms with Crippen molar-refractivity contribution in [3.8, 4) is 0 Å². The second-order valence-corrected chi connectivity index (χ2v) is 3.63. The molecule has 2 aromatic carbocycles. The van der Waals surface area contributed by atoms with Crippen LogP contribution < -0.4 is 4.84 Å². The molecule has 0 unspecified atom stereocenters. The van der Waals surface area contributed by atoms with E-state index < -0.39 is 11.9 Å². The molecule has 1 amide bonds. The molecule has 0 aliphatic rings. The second-order valence-electron chi connectivity index (χ2n) is 3.44. The summed E-state index contributed by atoms with van der Waals surface area (Å²) in [5.41, 5.74) is 0.328. The normalized spacial score (nSPS) is 10.2.